The van der Waals surface area contributed by atoms with Crippen LogP contribution in [0, 0.1) is 40.4 Å². The number of carbonyl (C=O) groups excluding carboxylic acids is 4. The Balaban J connectivity index is 1.05. The number of nitrogens with one attached hydrogen (secondary N) is 1. The van der Waals surface area contributed by atoms with Gasteiger partial charge in [0.25, 0.3) is 0 Å². The second kappa shape index (κ2) is 17.4. The van der Waals surface area contributed by atoms with E-state index in [-0.39, 0.29) is 43.3 Å². The summed E-state index contributed by atoms with van der Waals surface area (Å²) in [6.07, 6.45) is 14.4. The molecule has 5 fully saturated rings. The van der Waals surface area contributed by atoms with Crippen LogP contribution < -0.4 is 5.32 Å². The minimum absolute atomic E-state index is 0.0504. The average molecular weight is 868 g/mol. The van der Waals surface area contributed by atoms with Crippen molar-refractivity contribution in [1.29, 1.82) is 0 Å². The first-order chi connectivity index (χ1) is 27.9. The number of rotatable bonds is 16. The zero-order valence-corrected chi connectivity index (χ0v) is 36.1. The number of hydrogen-bond acceptors (Lipinski definition) is 13. The van der Waals surface area contributed by atoms with E-state index in [1.54, 1.807) is 12.2 Å². The number of amides is 1. The predicted molar refractivity (Wildman–Crippen MR) is 210 cm³/mol. The topological polar surface area (TPSA) is 220 Å². The normalized spacial score (nSPS) is 40.3. The van der Waals surface area contributed by atoms with Crippen molar-refractivity contribution in [2.75, 3.05) is 26.4 Å². The van der Waals surface area contributed by atoms with E-state index in [1.807, 2.05) is 20.8 Å². The van der Waals surface area contributed by atoms with E-state index in [4.69, 9.17) is 32.3 Å². The summed E-state index contributed by atoms with van der Waals surface area (Å²) in [4.78, 5) is 73.1. The summed E-state index contributed by atoms with van der Waals surface area (Å²) in [5, 5.41) is 2.57. The van der Waals surface area contributed by atoms with Crippen LogP contribution in [0.15, 0.2) is 36.0 Å². The molecule has 328 valence electrons. The molecular weight excluding hydrogens is 808 g/mol. The Labute approximate surface area is 345 Å². The van der Waals surface area contributed by atoms with Crippen molar-refractivity contribution in [2.24, 2.45) is 40.4 Å². The van der Waals surface area contributed by atoms with Gasteiger partial charge in [0.05, 0.1) is 24.9 Å². The highest BCUT2D eigenvalue weighted by atomic mass is 31.3. The van der Waals surface area contributed by atoms with E-state index < -0.39 is 87.4 Å². The van der Waals surface area contributed by atoms with Gasteiger partial charge in [0.1, 0.15) is 6.61 Å². The molecule has 0 aromatic rings. The van der Waals surface area contributed by atoms with Crippen molar-refractivity contribution in [1.82, 2.24) is 5.32 Å². The van der Waals surface area contributed by atoms with Gasteiger partial charge in [-0.2, -0.15) is 4.31 Å². The fraction of sp³-hybridized carbons (Fsp3) is 0.756. The highest BCUT2D eigenvalue weighted by Crippen LogP contribution is 2.72. The molecule has 7 aliphatic rings. The SMILES string of the molecule is CCCC1O[C@@H]2C[C@H]3[C@@H]4CCC5=CC(=O)C=C[C@]5(C)[C@H]4[C@@H](OP(=O)(O)OP(=O)(O)OCCNC(=O)COC4CCCCCC5C=CC54)C[C@]3(C)[C@]2(C(=O)COC(C)=O)O1. The minimum atomic E-state index is -5.42. The van der Waals surface area contributed by atoms with E-state index in [0.717, 1.165) is 31.3 Å². The van der Waals surface area contributed by atoms with Gasteiger partial charge < -0.3 is 34.1 Å². The number of ketones is 2. The summed E-state index contributed by atoms with van der Waals surface area (Å²) in [6.45, 7) is 5.46. The van der Waals surface area contributed by atoms with Gasteiger partial charge in [-0.15, -0.1) is 0 Å². The number of carbonyl (C=O) groups is 4. The Bertz CT molecular complexity index is 1850. The number of fused-ring (bicyclic) bond motifs is 8. The Hall–Kier alpha value is -2.36. The lowest BCUT2D eigenvalue weighted by atomic mass is 9.46. The summed E-state index contributed by atoms with van der Waals surface area (Å²) in [6, 6.07) is 0. The van der Waals surface area contributed by atoms with Gasteiger partial charge in [0, 0.05) is 36.1 Å². The first kappa shape index (κ1) is 44.7. The van der Waals surface area contributed by atoms with Crippen LogP contribution in [0.3, 0.4) is 0 Å². The smallest absolute Gasteiger partial charge is 0.458 e. The van der Waals surface area contributed by atoms with E-state index in [0.29, 0.717) is 43.9 Å². The van der Waals surface area contributed by atoms with Crippen LogP contribution in [-0.2, 0) is 60.6 Å². The van der Waals surface area contributed by atoms with Crippen LogP contribution in [0.4, 0.5) is 0 Å². The molecule has 1 heterocycles. The number of hydrogen-bond donors (Lipinski definition) is 3. The monoisotopic (exact) mass is 867 g/mol. The standard InChI is InChI=1S/C41H59NO15P2/c1-5-9-37-54-35-21-31-30-15-13-27-20-28(44)16-17-39(27,3)38(30)33(22-40(31,4)41(35,55-37)34(45)23-51-25(2)43)56-59(49,50)57-58(47,48)53-19-18-42-36(46)24-52-32-11-8-6-7-10-26-12-14-29(26)32/h12,14,16-17,20,26,29-33,35,37-38H,5-11,13,15,18-19,21-24H2,1-4H3,(H,42,46)(H,47,48)(H,49,50)/t26?,29?,30-,31-,32?,33-,35+,37?,38+,39-,40-,41+/m0/s1. The average Bonchev–Trinajstić information content (AvgIpc) is 3.62. The van der Waals surface area contributed by atoms with Crippen LogP contribution in [0.25, 0.3) is 0 Å². The number of phosphoric acid groups is 2. The summed E-state index contributed by atoms with van der Waals surface area (Å²) in [5.41, 5.74) is -2.70. The van der Waals surface area contributed by atoms with E-state index in [9.17, 15) is 38.1 Å². The maximum absolute atomic E-state index is 14.3. The fourth-order valence-electron chi connectivity index (χ4n) is 11.6. The van der Waals surface area contributed by atoms with Gasteiger partial charge in [-0.25, -0.2) is 9.13 Å². The van der Waals surface area contributed by atoms with Gasteiger partial charge in [0.2, 0.25) is 11.7 Å². The Morgan fingerprint density at radius 3 is 2.53 bits per heavy atom. The van der Waals surface area contributed by atoms with Gasteiger partial charge >= 0.3 is 21.6 Å². The van der Waals surface area contributed by atoms with Crippen molar-refractivity contribution in [3.05, 3.63) is 36.0 Å². The first-order valence-corrected chi connectivity index (χ1v) is 24.1. The molecule has 1 saturated heterocycles. The Morgan fingerprint density at radius 1 is 1.02 bits per heavy atom. The number of Topliss-reactive ketones (excluding diaryl/α,β-unsaturated/α-hetero) is 1. The lowest BCUT2D eigenvalue weighted by Gasteiger charge is -2.60. The predicted octanol–water partition coefficient (Wildman–Crippen LogP) is 5.81. The van der Waals surface area contributed by atoms with Crippen LogP contribution in [0.2, 0.25) is 0 Å². The maximum atomic E-state index is 14.3. The molecule has 0 bridgehead atoms. The number of esters is 1. The third-order valence-corrected chi connectivity index (χ3v) is 16.9. The quantitative estimate of drug-likeness (QED) is 0.0721. The van der Waals surface area contributed by atoms with Crippen molar-refractivity contribution in [3.63, 3.8) is 0 Å². The van der Waals surface area contributed by atoms with Gasteiger partial charge in [-0.05, 0) is 74.9 Å². The highest BCUT2D eigenvalue weighted by molar-refractivity contribution is 7.61. The van der Waals surface area contributed by atoms with Crippen molar-refractivity contribution >= 4 is 39.1 Å². The Kier molecular flexibility index (Phi) is 13.2. The molecule has 3 N–H and O–H groups in total. The van der Waals surface area contributed by atoms with Gasteiger partial charge in [0.15, 0.2) is 24.3 Å². The molecule has 6 unspecified atom stereocenters. The first-order valence-electron chi connectivity index (χ1n) is 21.1. The number of ether oxygens (including phenoxy) is 4. The van der Waals surface area contributed by atoms with Crippen LogP contribution in [0.1, 0.15) is 98.3 Å². The summed E-state index contributed by atoms with van der Waals surface area (Å²) < 4.78 is 67.0. The third-order valence-electron chi connectivity index (χ3n) is 14.2. The van der Waals surface area contributed by atoms with Gasteiger partial charge in [-0.1, -0.05) is 70.3 Å². The molecule has 0 aromatic heterocycles. The fourth-order valence-corrected chi connectivity index (χ4v) is 13.9. The third kappa shape index (κ3) is 8.83. The molecule has 59 heavy (non-hydrogen) atoms. The molecule has 1 aliphatic heterocycles. The molecule has 0 aromatic carbocycles. The van der Waals surface area contributed by atoms with Gasteiger partial charge in [-0.3, -0.25) is 28.2 Å². The molecule has 0 spiro atoms. The van der Waals surface area contributed by atoms with Crippen molar-refractivity contribution in [2.45, 2.75) is 129 Å². The molecule has 14 atom stereocenters. The largest absolute Gasteiger partial charge is 0.481 e. The maximum Gasteiger partial charge on any atom is 0.481 e. The van der Waals surface area contributed by atoms with E-state index in [2.05, 4.69) is 17.5 Å². The second-order valence-electron chi connectivity index (χ2n) is 17.7. The molecule has 16 nitrogen and oxygen atoms in total. The molecule has 6 aliphatic carbocycles. The zero-order valence-electron chi connectivity index (χ0n) is 34.3. The number of phosphoric ester groups is 2. The highest BCUT2D eigenvalue weighted by Gasteiger charge is 2.76. The van der Waals surface area contributed by atoms with Crippen molar-refractivity contribution in [3.8, 4) is 0 Å². The van der Waals surface area contributed by atoms with Crippen LogP contribution in [0.5, 0.6) is 0 Å². The molecule has 1 amide bonds. The zero-order chi connectivity index (χ0) is 42.4. The molecule has 18 heteroatoms. The van der Waals surface area contributed by atoms with E-state index >= 15 is 0 Å². The van der Waals surface area contributed by atoms with E-state index in [1.165, 1.54) is 19.4 Å². The lowest BCUT2D eigenvalue weighted by Crippen LogP contribution is -2.64. The number of allylic oxidation sites excluding steroid dienone is 5. The molecular formula is C41H59NO15P2. The van der Waals surface area contributed by atoms with Crippen molar-refractivity contribution < 1.29 is 70.4 Å². The Morgan fingerprint density at radius 2 is 1.80 bits per heavy atom. The summed E-state index contributed by atoms with van der Waals surface area (Å²) in [5.74, 6) is -2.05. The van der Waals surface area contributed by atoms with Crippen LogP contribution in [-0.4, -0.2) is 89.8 Å². The summed E-state index contributed by atoms with van der Waals surface area (Å²) >= 11 is 0. The molecule has 7 rings (SSSR count). The minimum Gasteiger partial charge on any atom is -0.458 e. The molecule has 0 radical (unpaired) electrons. The van der Waals surface area contributed by atoms with Crippen LogP contribution >= 0.6 is 15.6 Å². The second-order valence-corrected chi connectivity index (χ2v) is 20.7. The molecule has 4 saturated carbocycles. The summed E-state index contributed by atoms with van der Waals surface area (Å²) in [7, 11) is -10.7. The lowest BCUT2D eigenvalue weighted by molar-refractivity contribution is -0.200.